The van der Waals surface area contributed by atoms with Crippen LogP contribution in [0.3, 0.4) is 0 Å². The van der Waals surface area contributed by atoms with Crippen LogP contribution in [0.15, 0.2) is 54.7 Å². The number of aryl methyl sites for hydroxylation is 2. The molecular weight excluding hydrogens is 439 g/mol. The summed E-state index contributed by atoms with van der Waals surface area (Å²) in [6.07, 6.45) is 1.32. The van der Waals surface area contributed by atoms with Crippen LogP contribution in [0.1, 0.15) is 37.4 Å². The number of carbonyl (C=O) groups excluding carboxylic acids is 3. The molecule has 8 heteroatoms. The second-order valence-corrected chi connectivity index (χ2v) is 7.63. The molecule has 0 aliphatic rings. The van der Waals surface area contributed by atoms with Crippen molar-refractivity contribution in [2.45, 2.75) is 13.8 Å². The summed E-state index contributed by atoms with van der Waals surface area (Å²) in [5.74, 6) is -1.64. The van der Waals surface area contributed by atoms with Crippen LogP contribution < -0.4 is 5.32 Å². The lowest BCUT2D eigenvalue weighted by atomic mass is 9.96. The van der Waals surface area contributed by atoms with E-state index in [1.807, 2.05) is 19.9 Å². The summed E-state index contributed by atoms with van der Waals surface area (Å²) >= 11 is 11.7. The number of esters is 1. The Labute approximate surface area is 189 Å². The van der Waals surface area contributed by atoms with Gasteiger partial charge in [0.1, 0.15) is 0 Å². The lowest BCUT2D eigenvalue weighted by Gasteiger charge is -2.10. The molecule has 3 aromatic rings. The number of anilines is 1. The van der Waals surface area contributed by atoms with Gasteiger partial charge in [-0.25, -0.2) is 9.78 Å². The largest absolute Gasteiger partial charge is 0.452 e. The van der Waals surface area contributed by atoms with Crippen LogP contribution in [0.25, 0.3) is 0 Å². The summed E-state index contributed by atoms with van der Waals surface area (Å²) in [6.45, 7) is 3.28. The van der Waals surface area contributed by atoms with Crippen LogP contribution in [-0.2, 0) is 9.53 Å². The molecule has 6 nitrogen and oxygen atoms in total. The number of nitrogens with zero attached hydrogens (tertiary/aromatic N) is 1. The first-order chi connectivity index (χ1) is 14.8. The molecule has 0 fully saturated rings. The number of halogens is 2. The van der Waals surface area contributed by atoms with Gasteiger partial charge < -0.3 is 10.1 Å². The number of ether oxygens (including phenoxy) is 1. The smallest absolute Gasteiger partial charge is 0.339 e. The van der Waals surface area contributed by atoms with E-state index in [1.54, 1.807) is 30.3 Å². The van der Waals surface area contributed by atoms with Gasteiger partial charge in [-0.1, -0.05) is 53.5 Å². The molecule has 158 valence electrons. The molecule has 0 saturated carbocycles. The average molecular weight is 457 g/mol. The van der Waals surface area contributed by atoms with Crippen molar-refractivity contribution in [3.8, 4) is 0 Å². The van der Waals surface area contributed by atoms with Crippen LogP contribution in [0.2, 0.25) is 10.0 Å². The van der Waals surface area contributed by atoms with Crippen LogP contribution in [0.5, 0.6) is 0 Å². The molecule has 0 radical (unpaired) electrons. The number of benzene rings is 2. The van der Waals surface area contributed by atoms with E-state index >= 15 is 0 Å². The highest BCUT2D eigenvalue weighted by molar-refractivity contribution is 6.36. The summed E-state index contributed by atoms with van der Waals surface area (Å²) < 4.78 is 5.10. The van der Waals surface area contributed by atoms with Crippen molar-refractivity contribution < 1.29 is 19.1 Å². The predicted molar refractivity (Wildman–Crippen MR) is 119 cm³/mol. The van der Waals surface area contributed by atoms with E-state index < -0.39 is 18.5 Å². The highest BCUT2D eigenvalue weighted by Crippen LogP contribution is 2.22. The summed E-state index contributed by atoms with van der Waals surface area (Å²) in [5, 5.41) is 2.90. The van der Waals surface area contributed by atoms with Crippen molar-refractivity contribution in [1.29, 1.82) is 0 Å². The Morgan fingerprint density at radius 3 is 2.35 bits per heavy atom. The highest BCUT2D eigenvalue weighted by atomic mass is 35.5. The third kappa shape index (κ3) is 5.48. The fraction of sp³-hybridized carbons (Fsp3) is 0.130. The van der Waals surface area contributed by atoms with E-state index in [0.29, 0.717) is 10.6 Å². The van der Waals surface area contributed by atoms with Crippen LogP contribution in [-0.4, -0.2) is 29.3 Å². The SMILES string of the molecule is Cc1ccc(C(=O)c2ccccc2C(=O)OCC(=O)Nc2ncc(Cl)cc2Cl)cc1C. The van der Waals surface area contributed by atoms with Gasteiger partial charge in [0.05, 0.1) is 15.6 Å². The Balaban J connectivity index is 1.71. The number of nitrogens with one attached hydrogen (secondary N) is 1. The lowest BCUT2D eigenvalue weighted by molar-refractivity contribution is -0.119. The maximum absolute atomic E-state index is 13.0. The third-order valence-electron chi connectivity index (χ3n) is 4.56. The second kappa shape index (κ2) is 9.73. The minimum atomic E-state index is -0.793. The highest BCUT2D eigenvalue weighted by Gasteiger charge is 2.20. The molecule has 0 aliphatic carbocycles. The van der Waals surface area contributed by atoms with Crippen molar-refractivity contribution >= 4 is 46.7 Å². The topological polar surface area (TPSA) is 85.4 Å². The molecule has 0 aliphatic heterocycles. The van der Waals surface area contributed by atoms with Crippen LogP contribution in [0, 0.1) is 13.8 Å². The van der Waals surface area contributed by atoms with Gasteiger partial charge in [-0.15, -0.1) is 0 Å². The molecule has 2 aromatic carbocycles. The van der Waals surface area contributed by atoms with E-state index in [-0.39, 0.29) is 27.8 Å². The van der Waals surface area contributed by atoms with E-state index in [9.17, 15) is 14.4 Å². The Morgan fingerprint density at radius 2 is 1.68 bits per heavy atom. The van der Waals surface area contributed by atoms with Gasteiger partial charge in [-0.3, -0.25) is 9.59 Å². The van der Waals surface area contributed by atoms with E-state index in [2.05, 4.69) is 10.3 Å². The molecule has 0 saturated heterocycles. The van der Waals surface area contributed by atoms with Crippen molar-refractivity contribution in [3.63, 3.8) is 0 Å². The fourth-order valence-corrected chi connectivity index (χ4v) is 3.21. The average Bonchev–Trinajstić information content (AvgIpc) is 2.75. The van der Waals surface area contributed by atoms with Gasteiger partial charge in [-0.05, 0) is 43.2 Å². The Bertz CT molecular complexity index is 1180. The molecule has 0 bridgehead atoms. The normalized spacial score (nSPS) is 10.5. The molecule has 0 spiro atoms. The van der Waals surface area contributed by atoms with Crippen molar-refractivity contribution in [1.82, 2.24) is 4.98 Å². The number of hydrogen-bond acceptors (Lipinski definition) is 5. The number of pyridine rings is 1. The van der Waals surface area contributed by atoms with Crippen LogP contribution >= 0.6 is 23.2 Å². The molecule has 3 rings (SSSR count). The molecule has 0 unspecified atom stereocenters. The van der Waals surface area contributed by atoms with E-state index in [0.717, 1.165) is 11.1 Å². The quantitative estimate of drug-likeness (QED) is 0.415. The molecule has 0 atom stereocenters. The van der Waals surface area contributed by atoms with Crippen molar-refractivity contribution in [2.75, 3.05) is 11.9 Å². The van der Waals surface area contributed by atoms with E-state index in [1.165, 1.54) is 18.3 Å². The third-order valence-corrected chi connectivity index (χ3v) is 5.06. The fourth-order valence-electron chi connectivity index (χ4n) is 2.78. The van der Waals surface area contributed by atoms with Gasteiger partial charge in [-0.2, -0.15) is 0 Å². The van der Waals surface area contributed by atoms with Gasteiger partial charge in [0.25, 0.3) is 5.91 Å². The number of hydrogen-bond donors (Lipinski definition) is 1. The maximum Gasteiger partial charge on any atom is 0.339 e. The molecule has 1 N–H and O–H groups in total. The van der Waals surface area contributed by atoms with Crippen molar-refractivity contribution in [3.05, 3.63) is 92.6 Å². The minimum absolute atomic E-state index is 0.0705. The number of amides is 1. The summed E-state index contributed by atoms with van der Waals surface area (Å²) in [4.78, 5) is 41.6. The lowest BCUT2D eigenvalue weighted by Crippen LogP contribution is -2.22. The standard InChI is InChI=1S/C23H18Cl2N2O4/c1-13-7-8-15(9-14(13)2)21(29)17-5-3-4-6-18(17)23(30)31-12-20(28)27-22-19(25)10-16(24)11-26-22/h3-11H,12H2,1-2H3,(H,26,27,28). The second-order valence-electron chi connectivity index (χ2n) is 6.78. The molecule has 1 aromatic heterocycles. The van der Waals surface area contributed by atoms with Gasteiger partial charge in [0.15, 0.2) is 18.2 Å². The molecule has 31 heavy (non-hydrogen) atoms. The number of ketones is 1. The van der Waals surface area contributed by atoms with Gasteiger partial charge >= 0.3 is 5.97 Å². The first kappa shape index (κ1) is 22.5. The Morgan fingerprint density at radius 1 is 0.968 bits per heavy atom. The monoisotopic (exact) mass is 456 g/mol. The Hall–Kier alpha value is -3.22. The van der Waals surface area contributed by atoms with Gasteiger partial charge in [0.2, 0.25) is 0 Å². The number of aromatic nitrogens is 1. The van der Waals surface area contributed by atoms with Crippen LogP contribution in [0.4, 0.5) is 5.82 Å². The number of rotatable bonds is 6. The summed E-state index contributed by atoms with van der Waals surface area (Å²) in [7, 11) is 0. The Kier molecular flexibility index (Phi) is 7.05. The first-order valence-electron chi connectivity index (χ1n) is 9.25. The maximum atomic E-state index is 13.0. The number of carbonyl (C=O) groups is 3. The van der Waals surface area contributed by atoms with Gasteiger partial charge in [0, 0.05) is 17.3 Å². The van der Waals surface area contributed by atoms with Crippen molar-refractivity contribution in [2.24, 2.45) is 0 Å². The molecular formula is C23H18Cl2N2O4. The predicted octanol–water partition coefficient (Wildman–Crippen LogP) is 5.03. The first-order valence-corrected chi connectivity index (χ1v) is 10.0. The molecule has 1 heterocycles. The summed E-state index contributed by atoms with van der Waals surface area (Å²) in [6, 6.07) is 13.1. The molecule has 1 amide bonds. The zero-order chi connectivity index (χ0) is 22.5. The zero-order valence-electron chi connectivity index (χ0n) is 16.7. The zero-order valence-corrected chi connectivity index (χ0v) is 18.3. The summed E-state index contributed by atoms with van der Waals surface area (Å²) in [5.41, 5.74) is 2.76. The minimum Gasteiger partial charge on any atom is -0.452 e. The van der Waals surface area contributed by atoms with E-state index in [4.69, 9.17) is 27.9 Å².